The fraction of sp³-hybridized carbons (Fsp3) is 0.562. The highest BCUT2D eigenvalue weighted by Crippen LogP contribution is 2.50. The molecule has 2 atom stereocenters. The molecule has 2 unspecified atom stereocenters. The Morgan fingerprint density at radius 3 is 2.90 bits per heavy atom. The monoisotopic (exact) mass is 309 g/mol. The lowest BCUT2D eigenvalue weighted by molar-refractivity contribution is -0.148. The van der Waals surface area contributed by atoms with E-state index in [0.717, 1.165) is 18.4 Å². The first-order valence-corrected chi connectivity index (χ1v) is 7.74. The first-order chi connectivity index (χ1) is 10.1. The summed E-state index contributed by atoms with van der Waals surface area (Å²) < 4.78 is 5.51. The molecule has 1 saturated heterocycles. The number of benzene rings is 1. The number of amides is 1. The molecule has 1 saturated carbocycles. The van der Waals surface area contributed by atoms with Crippen molar-refractivity contribution in [3.8, 4) is 0 Å². The van der Waals surface area contributed by atoms with E-state index in [9.17, 15) is 9.90 Å². The first-order valence-electron chi connectivity index (χ1n) is 7.36. The van der Waals surface area contributed by atoms with E-state index in [1.54, 1.807) is 0 Å². The summed E-state index contributed by atoms with van der Waals surface area (Å²) >= 11 is 6.07. The van der Waals surface area contributed by atoms with Gasteiger partial charge in [-0.15, -0.1) is 0 Å². The van der Waals surface area contributed by atoms with Crippen LogP contribution < -0.4 is 0 Å². The Bertz CT molecular complexity index is 544. The number of rotatable bonds is 3. The molecule has 0 radical (unpaired) electrons. The lowest BCUT2D eigenvalue weighted by Gasteiger charge is -2.39. The number of ether oxygens (including phenoxy) is 1. The van der Waals surface area contributed by atoms with Crippen molar-refractivity contribution in [3.63, 3.8) is 0 Å². The van der Waals surface area contributed by atoms with Gasteiger partial charge in [0.15, 0.2) is 0 Å². The molecule has 1 aliphatic heterocycles. The van der Waals surface area contributed by atoms with Crippen molar-refractivity contribution in [1.82, 2.24) is 4.90 Å². The fourth-order valence-electron chi connectivity index (χ4n) is 3.02. The fourth-order valence-corrected chi connectivity index (χ4v) is 3.21. The third-order valence-corrected chi connectivity index (χ3v) is 4.74. The Morgan fingerprint density at radius 1 is 1.52 bits per heavy atom. The lowest BCUT2D eigenvalue weighted by atomic mass is 9.93. The van der Waals surface area contributed by atoms with E-state index in [1.165, 1.54) is 0 Å². The van der Waals surface area contributed by atoms with Crippen LogP contribution in [0.5, 0.6) is 0 Å². The zero-order valence-corrected chi connectivity index (χ0v) is 12.8. The van der Waals surface area contributed by atoms with E-state index < -0.39 is 5.41 Å². The number of aliphatic hydroxyl groups excluding tert-OH is 1. The van der Waals surface area contributed by atoms with Gasteiger partial charge >= 0.3 is 0 Å². The minimum absolute atomic E-state index is 0.0389. The van der Waals surface area contributed by atoms with E-state index in [0.29, 0.717) is 18.2 Å². The summed E-state index contributed by atoms with van der Waals surface area (Å²) in [5.74, 6) is 0.138. The molecule has 0 aromatic heterocycles. The second-order valence-electron chi connectivity index (χ2n) is 6.04. The molecule has 2 aliphatic rings. The predicted octanol–water partition coefficient (Wildman–Crippen LogP) is 1.98. The number of halogens is 1. The standard InChI is InChI=1S/C16H20ClNO3/c1-11-10-21-14(9-19)8-18(11)15(20)16(5-6-16)12-3-2-4-13(17)7-12/h2-4,7,11,14,19H,5-6,8-10H2,1H3. The maximum atomic E-state index is 13.0. The SMILES string of the molecule is CC1COC(CO)CN1C(=O)C1(c2cccc(Cl)c2)CC1. The van der Waals surface area contributed by atoms with Crippen molar-refractivity contribution in [2.24, 2.45) is 0 Å². The molecular formula is C16H20ClNO3. The minimum atomic E-state index is -0.420. The summed E-state index contributed by atoms with van der Waals surface area (Å²) in [7, 11) is 0. The van der Waals surface area contributed by atoms with Gasteiger partial charge in [-0.05, 0) is 37.5 Å². The number of hydrogen-bond donors (Lipinski definition) is 1. The summed E-state index contributed by atoms with van der Waals surface area (Å²) in [4.78, 5) is 14.9. The van der Waals surface area contributed by atoms with Crippen molar-refractivity contribution < 1.29 is 14.6 Å². The molecule has 2 fully saturated rings. The van der Waals surface area contributed by atoms with Gasteiger partial charge < -0.3 is 14.7 Å². The molecular weight excluding hydrogens is 290 g/mol. The van der Waals surface area contributed by atoms with Crippen molar-refractivity contribution in [2.75, 3.05) is 19.8 Å². The molecule has 4 nitrogen and oxygen atoms in total. The van der Waals surface area contributed by atoms with E-state index in [-0.39, 0.29) is 24.7 Å². The third kappa shape index (κ3) is 2.68. The molecule has 1 heterocycles. The van der Waals surface area contributed by atoms with Gasteiger partial charge in [0.05, 0.1) is 30.8 Å². The average molecular weight is 310 g/mol. The van der Waals surface area contributed by atoms with Crippen molar-refractivity contribution in [3.05, 3.63) is 34.9 Å². The highest BCUT2D eigenvalue weighted by molar-refractivity contribution is 6.30. The van der Waals surface area contributed by atoms with Crippen LogP contribution in [0.2, 0.25) is 5.02 Å². The number of carbonyl (C=O) groups excluding carboxylic acids is 1. The molecule has 5 heteroatoms. The average Bonchev–Trinajstić information content (AvgIpc) is 3.29. The summed E-state index contributed by atoms with van der Waals surface area (Å²) in [6.45, 7) is 2.86. The minimum Gasteiger partial charge on any atom is -0.394 e. The van der Waals surface area contributed by atoms with Gasteiger partial charge in [-0.25, -0.2) is 0 Å². The van der Waals surface area contributed by atoms with Gasteiger partial charge in [0.25, 0.3) is 0 Å². The van der Waals surface area contributed by atoms with E-state index >= 15 is 0 Å². The Labute approximate surface area is 129 Å². The van der Waals surface area contributed by atoms with Crippen LogP contribution in [0, 0.1) is 0 Å². The molecule has 21 heavy (non-hydrogen) atoms. The maximum Gasteiger partial charge on any atom is 0.233 e. The van der Waals surface area contributed by atoms with Crippen LogP contribution in [0.1, 0.15) is 25.3 Å². The van der Waals surface area contributed by atoms with Crippen LogP contribution in [-0.4, -0.2) is 47.8 Å². The van der Waals surface area contributed by atoms with Crippen molar-refractivity contribution in [2.45, 2.75) is 37.3 Å². The third-order valence-electron chi connectivity index (χ3n) is 4.51. The van der Waals surface area contributed by atoms with Crippen LogP contribution >= 0.6 is 11.6 Å². The number of nitrogens with zero attached hydrogens (tertiary/aromatic N) is 1. The van der Waals surface area contributed by atoms with Crippen LogP contribution in [0.15, 0.2) is 24.3 Å². The lowest BCUT2D eigenvalue weighted by Crippen LogP contribution is -2.54. The van der Waals surface area contributed by atoms with Crippen LogP contribution in [0.4, 0.5) is 0 Å². The van der Waals surface area contributed by atoms with Gasteiger partial charge in [-0.2, -0.15) is 0 Å². The molecule has 1 N–H and O–H groups in total. The number of morpholine rings is 1. The van der Waals surface area contributed by atoms with Crippen LogP contribution in [0.3, 0.4) is 0 Å². The quantitative estimate of drug-likeness (QED) is 0.929. The molecule has 1 aromatic carbocycles. The zero-order chi connectivity index (χ0) is 15.0. The van der Waals surface area contributed by atoms with Gasteiger partial charge in [0, 0.05) is 11.6 Å². The summed E-state index contributed by atoms with van der Waals surface area (Å²) in [6, 6.07) is 7.62. The smallest absolute Gasteiger partial charge is 0.233 e. The Kier molecular flexibility index (Phi) is 3.95. The predicted molar refractivity (Wildman–Crippen MR) is 80.4 cm³/mol. The molecule has 114 valence electrons. The Balaban J connectivity index is 1.84. The second-order valence-corrected chi connectivity index (χ2v) is 6.47. The first kappa shape index (κ1) is 14.8. The van der Waals surface area contributed by atoms with E-state index in [1.807, 2.05) is 36.1 Å². The number of carbonyl (C=O) groups is 1. The van der Waals surface area contributed by atoms with Gasteiger partial charge in [0.2, 0.25) is 5.91 Å². The highest BCUT2D eigenvalue weighted by Gasteiger charge is 2.54. The van der Waals surface area contributed by atoms with E-state index in [4.69, 9.17) is 16.3 Å². The molecule has 3 rings (SSSR count). The normalized spacial score (nSPS) is 27.5. The topological polar surface area (TPSA) is 49.8 Å². The molecule has 1 aromatic rings. The number of aliphatic hydroxyl groups is 1. The second kappa shape index (κ2) is 5.59. The Morgan fingerprint density at radius 2 is 2.29 bits per heavy atom. The molecule has 0 bridgehead atoms. The van der Waals surface area contributed by atoms with Gasteiger partial charge in [0.1, 0.15) is 0 Å². The molecule has 1 amide bonds. The van der Waals surface area contributed by atoms with Crippen LogP contribution in [0.25, 0.3) is 0 Å². The van der Waals surface area contributed by atoms with Crippen LogP contribution in [-0.2, 0) is 14.9 Å². The van der Waals surface area contributed by atoms with Gasteiger partial charge in [-0.1, -0.05) is 23.7 Å². The summed E-state index contributed by atoms with van der Waals surface area (Å²) in [6.07, 6.45) is 1.44. The largest absolute Gasteiger partial charge is 0.394 e. The van der Waals surface area contributed by atoms with Gasteiger partial charge in [-0.3, -0.25) is 4.79 Å². The van der Waals surface area contributed by atoms with Crippen molar-refractivity contribution in [1.29, 1.82) is 0 Å². The summed E-state index contributed by atoms with van der Waals surface area (Å²) in [5.41, 5.74) is 0.579. The highest BCUT2D eigenvalue weighted by atomic mass is 35.5. The summed E-state index contributed by atoms with van der Waals surface area (Å²) in [5, 5.41) is 9.93. The van der Waals surface area contributed by atoms with E-state index in [2.05, 4.69) is 0 Å². The molecule has 0 spiro atoms. The van der Waals surface area contributed by atoms with Crippen molar-refractivity contribution >= 4 is 17.5 Å². The molecule has 1 aliphatic carbocycles. The maximum absolute atomic E-state index is 13.0. The number of hydrogen-bond acceptors (Lipinski definition) is 3. The zero-order valence-electron chi connectivity index (χ0n) is 12.1. The Hall–Kier alpha value is -1.10.